The molecule has 0 spiro atoms. The molecule has 6 heteroatoms. The first-order chi connectivity index (χ1) is 8.75. The molecular weight excluding hydrogens is 268 g/mol. The second-order valence-electron chi connectivity index (χ2n) is 3.74. The Balaban J connectivity index is 1.81. The number of ether oxygens (including phenoxy) is 1. The van der Waals surface area contributed by atoms with Crippen molar-refractivity contribution in [3.05, 3.63) is 28.5 Å². The van der Waals surface area contributed by atoms with Crippen LogP contribution < -0.4 is 5.32 Å². The molecule has 0 aromatic carbocycles. The second-order valence-corrected chi connectivity index (χ2v) is 5.11. The van der Waals surface area contributed by atoms with Crippen LogP contribution in [0.15, 0.2) is 23.6 Å². The van der Waals surface area contributed by atoms with E-state index in [2.05, 4.69) is 5.32 Å². The molecule has 2 heterocycles. The van der Waals surface area contributed by atoms with Gasteiger partial charge >= 0.3 is 0 Å². The largest absolute Gasteiger partial charge is 0.378 e. The molecule has 0 atom stereocenters. The van der Waals surface area contributed by atoms with E-state index in [4.69, 9.17) is 17.0 Å². The summed E-state index contributed by atoms with van der Waals surface area (Å²) >= 11 is 6.76. The van der Waals surface area contributed by atoms with Crippen LogP contribution in [0.4, 0.5) is 0 Å². The van der Waals surface area contributed by atoms with E-state index in [-0.39, 0.29) is 5.91 Å². The molecule has 1 fully saturated rings. The minimum atomic E-state index is -0.195. The van der Waals surface area contributed by atoms with Crippen molar-refractivity contribution in [2.75, 3.05) is 26.3 Å². The number of rotatable bonds is 2. The predicted octanol–water partition coefficient (Wildman–Crippen LogP) is 1.49. The van der Waals surface area contributed by atoms with Crippen molar-refractivity contribution in [2.45, 2.75) is 0 Å². The Morgan fingerprint density at radius 1 is 1.50 bits per heavy atom. The Bertz CT molecular complexity index is 437. The maximum absolute atomic E-state index is 11.7. The van der Waals surface area contributed by atoms with Gasteiger partial charge in [0.15, 0.2) is 5.11 Å². The van der Waals surface area contributed by atoms with E-state index in [1.807, 2.05) is 22.4 Å². The molecule has 2 rings (SSSR count). The minimum absolute atomic E-state index is 0.195. The average molecular weight is 282 g/mol. The van der Waals surface area contributed by atoms with E-state index >= 15 is 0 Å². The summed E-state index contributed by atoms with van der Waals surface area (Å²) in [5.74, 6) is -0.195. The quantitative estimate of drug-likeness (QED) is 0.659. The summed E-state index contributed by atoms with van der Waals surface area (Å²) in [7, 11) is 0. The Hall–Kier alpha value is -1.24. The lowest BCUT2D eigenvalue weighted by atomic mass is 10.4. The SMILES string of the molecule is O=C(C=Cc1cccs1)NC(=S)N1CCOCC1. The van der Waals surface area contributed by atoms with Crippen LogP contribution in [0.1, 0.15) is 4.88 Å². The molecule has 1 saturated heterocycles. The van der Waals surface area contributed by atoms with Gasteiger partial charge in [-0.25, -0.2) is 0 Å². The Morgan fingerprint density at radius 3 is 2.94 bits per heavy atom. The number of nitrogens with one attached hydrogen (secondary N) is 1. The fraction of sp³-hybridized carbons (Fsp3) is 0.333. The lowest BCUT2D eigenvalue weighted by molar-refractivity contribution is -0.115. The summed E-state index contributed by atoms with van der Waals surface area (Å²) in [6, 6.07) is 3.90. The normalized spacial score (nSPS) is 15.9. The molecule has 1 aliphatic rings. The van der Waals surface area contributed by atoms with Gasteiger partial charge in [0.2, 0.25) is 5.91 Å². The van der Waals surface area contributed by atoms with Crippen LogP contribution in [0.25, 0.3) is 6.08 Å². The number of thiocarbonyl (C=S) groups is 1. The van der Waals surface area contributed by atoms with Gasteiger partial charge in [0.25, 0.3) is 0 Å². The van der Waals surface area contributed by atoms with E-state index in [1.165, 1.54) is 6.08 Å². The predicted molar refractivity (Wildman–Crippen MR) is 76.5 cm³/mol. The van der Waals surface area contributed by atoms with Gasteiger partial charge in [-0.15, -0.1) is 11.3 Å². The molecule has 18 heavy (non-hydrogen) atoms. The first-order valence-corrected chi connectivity index (χ1v) is 6.94. The van der Waals surface area contributed by atoms with E-state index in [9.17, 15) is 4.79 Å². The molecule has 96 valence electrons. The van der Waals surface area contributed by atoms with Crippen LogP contribution in [-0.4, -0.2) is 42.2 Å². The third-order valence-corrected chi connectivity index (χ3v) is 3.67. The summed E-state index contributed by atoms with van der Waals surface area (Å²) in [4.78, 5) is 14.6. The Labute approximate surface area is 115 Å². The molecule has 0 unspecified atom stereocenters. The number of carbonyl (C=O) groups is 1. The van der Waals surface area contributed by atoms with Gasteiger partial charge in [-0.3, -0.25) is 10.1 Å². The highest BCUT2D eigenvalue weighted by Crippen LogP contribution is 2.09. The highest BCUT2D eigenvalue weighted by atomic mass is 32.1. The van der Waals surface area contributed by atoms with Gasteiger partial charge in [-0.2, -0.15) is 0 Å². The van der Waals surface area contributed by atoms with Crippen LogP contribution in [0.5, 0.6) is 0 Å². The third-order valence-electron chi connectivity index (χ3n) is 2.47. The zero-order chi connectivity index (χ0) is 12.8. The summed E-state index contributed by atoms with van der Waals surface area (Å²) in [5, 5.41) is 5.13. The van der Waals surface area contributed by atoms with E-state index in [0.717, 1.165) is 18.0 Å². The van der Waals surface area contributed by atoms with Crippen molar-refractivity contribution in [1.82, 2.24) is 10.2 Å². The van der Waals surface area contributed by atoms with Crippen molar-refractivity contribution in [2.24, 2.45) is 0 Å². The van der Waals surface area contributed by atoms with Gasteiger partial charge in [0.1, 0.15) is 0 Å². The third kappa shape index (κ3) is 3.90. The van der Waals surface area contributed by atoms with Crippen molar-refractivity contribution >= 4 is 40.7 Å². The van der Waals surface area contributed by atoms with E-state index < -0.39 is 0 Å². The van der Waals surface area contributed by atoms with Gasteiger partial charge in [0.05, 0.1) is 13.2 Å². The molecule has 0 bridgehead atoms. The lowest BCUT2D eigenvalue weighted by Crippen LogP contribution is -2.47. The second kappa shape index (κ2) is 6.63. The number of carbonyl (C=O) groups excluding carboxylic acids is 1. The van der Waals surface area contributed by atoms with Gasteiger partial charge in [-0.1, -0.05) is 6.07 Å². The highest BCUT2D eigenvalue weighted by Gasteiger charge is 2.14. The average Bonchev–Trinajstić information content (AvgIpc) is 2.90. The summed E-state index contributed by atoms with van der Waals surface area (Å²) in [6.45, 7) is 2.77. The van der Waals surface area contributed by atoms with Crippen LogP contribution in [0.2, 0.25) is 0 Å². The van der Waals surface area contributed by atoms with Gasteiger partial charge in [-0.05, 0) is 29.7 Å². The van der Waals surface area contributed by atoms with Crippen LogP contribution in [-0.2, 0) is 9.53 Å². The number of amides is 1. The molecular formula is C12H14N2O2S2. The number of thiophene rings is 1. The number of nitrogens with zero attached hydrogens (tertiary/aromatic N) is 1. The molecule has 1 amide bonds. The molecule has 0 radical (unpaired) electrons. The molecule has 1 aliphatic heterocycles. The monoisotopic (exact) mass is 282 g/mol. The molecule has 0 saturated carbocycles. The molecule has 1 aromatic rings. The fourth-order valence-corrected chi connectivity index (χ4v) is 2.44. The van der Waals surface area contributed by atoms with E-state index in [1.54, 1.807) is 17.4 Å². The summed E-state index contributed by atoms with van der Waals surface area (Å²) < 4.78 is 5.22. The molecule has 1 aromatic heterocycles. The van der Waals surface area contributed by atoms with Crippen molar-refractivity contribution < 1.29 is 9.53 Å². The standard InChI is InChI=1S/C12H14N2O2S2/c15-11(4-3-10-2-1-9-18-10)13-12(17)14-5-7-16-8-6-14/h1-4,9H,5-8H2,(H,13,15,17). The topological polar surface area (TPSA) is 41.6 Å². The lowest BCUT2D eigenvalue weighted by Gasteiger charge is -2.28. The summed E-state index contributed by atoms with van der Waals surface area (Å²) in [6.07, 6.45) is 3.28. The van der Waals surface area contributed by atoms with Crippen LogP contribution in [0.3, 0.4) is 0 Å². The maximum Gasteiger partial charge on any atom is 0.250 e. The number of hydrogen-bond donors (Lipinski definition) is 1. The van der Waals surface area contributed by atoms with Crippen molar-refractivity contribution in [1.29, 1.82) is 0 Å². The Kier molecular flexibility index (Phi) is 4.86. The summed E-state index contributed by atoms with van der Waals surface area (Å²) in [5.41, 5.74) is 0. The van der Waals surface area contributed by atoms with Crippen molar-refractivity contribution in [3.63, 3.8) is 0 Å². The number of hydrogen-bond acceptors (Lipinski definition) is 4. The molecule has 0 aliphatic carbocycles. The van der Waals surface area contributed by atoms with E-state index in [0.29, 0.717) is 18.3 Å². The minimum Gasteiger partial charge on any atom is -0.378 e. The smallest absolute Gasteiger partial charge is 0.250 e. The fourth-order valence-electron chi connectivity index (χ4n) is 1.54. The zero-order valence-corrected chi connectivity index (χ0v) is 11.4. The van der Waals surface area contributed by atoms with Crippen LogP contribution in [0, 0.1) is 0 Å². The first kappa shape index (κ1) is 13.2. The Morgan fingerprint density at radius 2 is 2.28 bits per heavy atom. The van der Waals surface area contributed by atoms with Crippen molar-refractivity contribution in [3.8, 4) is 0 Å². The molecule has 4 nitrogen and oxygen atoms in total. The first-order valence-electron chi connectivity index (χ1n) is 5.65. The number of morpholine rings is 1. The molecule has 1 N–H and O–H groups in total. The van der Waals surface area contributed by atoms with Gasteiger partial charge in [0, 0.05) is 24.0 Å². The van der Waals surface area contributed by atoms with Gasteiger partial charge < -0.3 is 9.64 Å². The van der Waals surface area contributed by atoms with Crippen LogP contribution >= 0.6 is 23.6 Å². The maximum atomic E-state index is 11.7. The highest BCUT2D eigenvalue weighted by molar-refractivity contribution is 7.80. The zero-order valence-electron chi connectivity index (χ0n) is 9.80.